The molecule has 0 aromatic heterocycles. The highest BCUT2D eigenvalue weighted by atomic mass is 16.3. The van der Waals surface area contributed by atoms with Crippen LogP contribution in [0.3, 0.4) is 0 Å². The van der Waals surface area contributed by atoms with E-state index in [-0.39, 0.29) is 49.4 Å². The highest BCUT2D eigenvalue weighted by Gasteiger charge is 2.33. The number of hydrogen-bond donors (Lipinski definition) is 9. The number of benzene rings is 9. The number of hydrogen-bond acceptors (Lipinski definition) is 9. The lowest BCUT2D eigenvalue weighted by molar-refractivity contribution is 0.351. The average Bonchev–Trinajstić information content (AvgIpc) is 3.24. The van der Waals surface area contributed by atoms with E-state index in [1.165, 1.54) is 0 Å². The summed E-state index contributed by atoms with van der Waals surface area (Å²) in [6.45, 7) is 10.1. The molecule has 0 fully saturated rings. The highest BCUT2D eigenvalue weighted by Crippen LogP contribution is 2.61. The topological polar surface area (TPSA) is 182 Å². The smallest absolute Gasteiger partial charge is 0.204 e. The molecule has 59 heavy (non-hydrogen) atoms. The molecule has 0 unspecified atom stereocenters. The number of rotatable bonds is 3. The van der Waals surface area contributed by atoms with Crippen LogP contribution in [-0.2, 0) is 0 Å². The number of phenolic OH excluding ortho intramolecular Hbond substituents is 9. The molecule has 0 saturated carbocycles. The summed E-state index contributed by atoms with van der Waals surface area (Å²) in [7, 11) is 0. The van der Waals surface area contributed by atoms with Crippen molar-refractivity contribution in [2.75, 3.05) is 0 Å². The maximum Gasteiger partial charge on any atom is 0.204 e. The van der Waals surface area contributed by atoms with E-state index in [0.29, 0.717) is 38.6 Å². The average molecular weight is 785 g/mol. The minimum Gasteiger partial charge on any atom is -0.506 e. The number of phenols is 9. The lowest BCUT2D eigenvalue weighted by Crippen LogP contribution is -2.01. The summed E-state index contributed by atoms with van der Waals surface area (Å²) in [5.41, 5.74) is 4.90. The molecule has 9 aromatic rings. The van der Waals surface area contributed by atoms with Crippen LogP contribution in [0.25, 0.3) is 87.2 Å². The zero-order valence-electron chi connectivity index (χ0n) is 33.0. The fraction of sp³-hybridized carbons (Fsp3) is 0.120. The first-order valence-corrected chi connectivity index (χ1v) is 19.1. The van der Waals surface area contributed by atoms with E-state index in [2.05, 4.69) is 18.2 Å². The number of aromatic hydroxyl groups is 9. The molecule has 9 aromatic carbocycles. The number of fused-ring (bicyclic) bond motifs is 6. The fourth-order valence-corrected chi connectivity index (χ4v) is 9.35. The summed E-state index contributed by atoms with van der Waals surface area (Å²) < 4.78 is 0. The molecule has 0 aliphatic heterocycles. The van der Waals surface area contributed by atoms with Gasteiger partial charge in [-0.1, -0.05) is 66.7 Å². The minimum atomic E-state index is -1.03. The van der Waals surface area contributed by atoms with Crippen molar-refractivity contribution < 1.29 is 46.0 Å². The van der Waals surface area contributed by atoms with Gasteiger partial charge < -0.3 is 46.0 Å². The van der Waals surface area contributed by atoms with E-state index in [0.717, 1.165) is 32.7 Å². The molecule has 0 atom stereocenters. The van der Waals surface area contributed by atoms with Crippen LogP contribution in [0, 0.1) is 41.5 Å². The third-order valence-electron chi connectivity index (χ3n) is 12.6. The van der Waals surface area contributed by atoms with Gasteiger partial charge in [0, 0.05) is 38.6 Å². The molecule has 294 valence electrons. The quantitative estimate of drug-likeness (QED) is 0.0364. The van der Waals surface area contributed by atoms with Gasteiger partial charge in [0.05, 0.1) is 5.39 Å². The second-order valence-corrected chi connectivity index (χ2v) is 15.5. The van der Waals surface area contributed by atoms with Crippen molar-refractivity contribution in [3.8, 4) is 85.1 Å². The molecule has 0 saturated heterocycles. The van der Waals surface area contributed by atoms with Crippen molar-refractivity contribution in [2.45, 2.75) is 41.5 Å². The van der Waals surface area contributed by atoms with Crippen molar-refractivity contribution in [3.63, 3.8) is 0 Å². The minimum absolute atomic E-state index is 0.0199. The van der Waals surface area contributed by atoms with Gasteiger partial charge in [-0.15, -0.1) is 0 Å². The predicted molar refractivity (Wildman–Crippen MR) is 234 cm³/mol. The predicted octanol–water partition coefficient (Wildman–Crippen LogP) is 11.7. The van der Waals surface area contributed by atoms with Crippen molar-refractivity contribution in [1.82, 2.24) is 0 Å². The zero-order chi connectivity index (χ0) is 42.1. The fourth-order valence-electron chi connectivity index (χ4n) is 9.35. The lowest BCUT2D eigenvalue weighted by atomic mass is 9.78. The van der Waals surface area contributed by atoms with Crippen LogP contribution in [0.2, 0.25) is 0 Å². The highest BCUT2D eigenvalue weighted by molar-refractivity contribution is 6.29. The molecule has 0 radical (unpaired) electrons. The SMILES string of the molecule is Cc1c(O)c(O)c2c(O)c(-c3c4c(C)c(O)c(O)c(C)c4c(-c4cccc(-c5cc6ccccc6c6ccccc56)c4)c4c(O)c(O)c(O)c(O)c34)c(C)c(C)c2c1C. The molecule has 0 aliphatic rings. The van der Waals surface area contributed by atoms with Crippen LogP contribution in [0.1, 0.15) is 33.4 Å². The Morgan fingerprint density at radius 2 is 0.780 bits per heavy atom. The van der Waals surface area contributed by atoms with Gasteiger partial charge in [-0.3, -0.25) is 0 Å². The molecule has 0 spiro atoms. The van der Waals surface area contributed by atoms with E-state index in [4.69, 9.17) is 0 Å². The first-order chi connectivity index (χ1) is 28.1. The second-order valence-electron chi connectivity index (χ2n) is 15.5. The third-order valence-corrected chi connectivity index (χ3v) is 12.6. The van der Waals surface area contributed by atoms with Crippen LogP contribution in [0.5, 0.6) is 51.7 Å². The van der Waals surface area contributed by atoms with Gasteiger partial charge in [-0.2, -0.15) is 0 Å². The van der Waals surface area contributed by atoms with Gasteiger partial charge in [-0.05, 0) is 130 Å². The Hall–Kier alpha value is -7.52. The lowest BCUT2D eigenvalue weighted by Gasteiger charge is -2.26. The normalized spacial score (nSPS) is 11.8. The Morgan fingerprint density at radius 3 is 1.42 bits per heavy atom. The zero-order valence-corrected chi connectivity index (χ0v) is 33.0. The molecular weight excluding hydrogens is 745 g/mol. The molecule has 0 aliphatic carbocycles. The van der Waals surface area contributed by atoms with Crippen molar-refractivity contribution in [3.05, 3.63) is 112 Å². The van der Waals surface area contributed by atoms with Gasteiger partial charge in [0.25, 0.3) is 0 Å². The van der Waals surface area contributed by atoms with Gasteiger partial charge in [0.1, 0.15) is 5.75 Å². The van der Waals surface area contributed by atoms with Crippen LogP contribution < -0.4 is 0 Å². The van der Waals surface area contributed by atoms with E-state index in [9.17, 15) is 46.0 Å². The Bertz CT molecular complexity index is 3300. The molecular formula is C50H40O9. The van der Waals surface area contributed by atoms with E-state index >= 15 is 0 Å². The Labute approximate surface area is 337 Å². The Morgan fingerprint density at radius 1 is 0.288 bits per heavy atom. The van der Waals surface area contributed by atoms with Crippen LogP contribution in [0.15, 0.2) is 78.9 Å². The standard InChI is InChI=1S/C50H40O9/c1-20-21(2)36(45(54)41-33(20)22(3)23(4)42(51)48(41)57)38-35-25(6)44(53)43(52)24(5)34(35)37(39-40(38)47(56)50(59)49(58)46(39)55)28-14-11-13-26(18-28)32-19-27-12-7-8-15-29(27)30-16-9-10-17-31(30)32/h7-19,51-59H,1-6H3. The van der Waals surface area contributed by atoms with Crippen LogP contribution >= 0.6 is 0 Å². The van der Waals surface area contributed by atoms with Crippen molar-refractivity contribution >= 4 is 53.9 Å². The molecule has 9 rings (SSSR count). The summed E-state index contributed by atoms with van der Waals surface area (Å²) in [5.74, 6) is -6.08. The van der Waals surface area contributed by atoms with Gasteiger partial charge in [0.2, 0.25) is 11.5 Å². The van der Waals surface area contributed by atoms with Crippen LogP contribution in [0.4, 0.5) is 0 Å². The van der Waals surface area contributed by atoms with Gasteiger partial charge in [0.15, 0.2) is 34.5 Å². The first-order valence-electron chi connectivity index (χ1n) is 19.1. The monoisotopic (exact) mass is 784 g/mol. The summed E-state index contributed by atoms with van der Waals surface area (Å²) in [5, 5.41) is 109. The van der Waals surface area contributed by atoms with Crippen LogP contribution in [-0.4, -0.2) is 46.0 Å². The third kappa shape index (κ3) is 4.85. The van der Waals surface area contributed by atoms with Gasteiger partial charge in [-0.25, -0.2) is 0 Å². The number of aryl methyl sites for hydroxylation is 4. The van der Waals surface area contributed by atoms with E-state index < -0.39 is 51.7 Å². The summed E-state index contributed by atoms with van der Waals surface area (Å²) in [6, 6.07) is 25.7. The molecule has 0 heterocycles. The Balaban J connectivity index is 1.52. The maximum absolute atomic E-state index is 12.4. The van der Waals surface area contributed by atoms with E-state index in [1.54, 1.807) is 47.6 Å². The second kappa shape index (κ2) is 12.7. The maximum atomic E-state index is 12.4. The summed E-state index contributed by atoms with van der Waals surface area (Å²) in [4.78, 5) is 0. The summed E-state index contributed by atoms with van der Waals surface area (Å²) in [6.07, 6.45) is 0. The molecule has 0 amide bonds. The summed E-state index contributed by atoms with van der Waals surface area (Å²) >= 11 is 0. The molecule has 9 heteroatoms. The van der Waals surface area contributed by atoms with Gasteiger partial charge >= 0.3 is 0 Å². The Kier molecular flexibility index (Phi) is 8.01. The van der Waals surface area contributed by atoms with E-state index in [1.807, 2.05) is 54.6 Å². The van der Waals surface area contributed by atoms with Crippen molar-refractivity contribution in [2.24, 2.45) is 0 Å². The molecule has 9 nitrogen and oxygen atoms in total. The molecule has 9 N–H and O–H groups in total. The molecule has 0 bridgehead atoms. The first kappa shape index (κ1) is 37.1. The largest absolute Gasteiger partial charge is 0.506 e. The van der Waals surface area contributed by atoms with Crippen molar-refractivity contribution in [1.29, 1.82) is 0 Å².